The topological polar surface area (TPSA) is 53.7 Å². The van der Waals surface area contributed by atoms with Crippen LogP contribution in [0.4, 0.5) is 0 Å². The highest BCUT2D eigenvalue weighted by Gasteiger charge is 2.28. The van der Waals surface area contributed by atoms with E-state index in [4.69, 9.17) is 19.9 Å². The fourth-order valence-electron chi connectivity index (χ4n) is 1.82. The number of hydrogen-bond acceptors (Lipinski definition) is 4. The molecule has 2 aliphatic rings. The summed E-state index contributed by atoms with van der Waals surface area (Å²) in [4.78, 5) is 0. The minimum Gasteiger partial charge on any atom is -0.492 e. The molecule has 1 fully saturated rings. The van der Waals surface area contributed by atoms with Crippen molar-refractivity contribution in [1.29, 1.82) is 0 Å². The summed E-state index contributed by atoms with van der Waals surface area (Å²) in [5, 5.41) is 0. The molecular formula is C12H15NO3. The van der Waals surface area contributed by atoms with Crippen LogP contribution in [0.2, 0.25) is 0 Å². The van der Waals surface area contributed by atoms with Crippen molar-refractivity contribution in [1.82, 2.24) is 0 Å². The van der Waals surface area contributed by atoms with E-state index in [1.54, 1.807) is 0 Å². The van der Waals surface area contributed by atoms with Gasteiger partial charge in [-0.3, -0.25) is 0 Å². The van der Waals surface area contributed by atoms with Gasteiger partial charge in [-0.2, -0.15) is 0 Å². The van der Waals surface area contributed by atoms with Crippen molar-refractivity contribution >= 4 is 0 Å². The van der Waals surface area contributed by atoms with Gasteiger partial charge in [-0.25, -0.2) is 0 Å². The van der Waals surface area contributed by atoms with Gasteiger partial charge in [-0.1, -0.05) is 0 Å². The van der Waals surface area contributed by atoms with Crippen molar-refractivity contribution in [2.75, 3.05) is 13.4 Å². The Hall–Kier alpha value is -1.42. The molecule has 0 bridgehead atoms. The van der Waals surface area contributed by atoms with Gasteiger partial charge in [-0.05, 0) is 30.9 Å². The number of nitrogens with two attached hydrogens (primary N) is 1. The van der Waals surface area contributed by atoms with Crippen LogP contribution in [0.3, 0.4) is 0 Å². The third-order valence-electron chi connectivity index (χ3n) is 3.01. The number of hydrogen-bond donors (Lipinski definition) is 1. The Morgan fingerprint density at radius 3 is 2.94 bits per heavy atom. The maximum Gasteiger partial charge on any atom is 0.231 e. The summed E-state index contributed by atoms with van der Waals surface area (Å²) in [5.74, 6) is 2.98. The molecule has 0 radical (unpaired) electrons. The van der Waals surface area contributed by atoms with Gasteiger partial charge in [0.2, 0.25) is 6.79 Å². The van der Waals surface area contributed by atoms with Gasteiger partial charge < -0.3 is 19.9 Å². The van der Waals surface area contributed by atoms with Crippen molar-refractivity contribution in [2.24, 2.45) is 11.7 Å². The molecule has 3 rings (SSSR count). The molecule has 1 unspecified atom stereocenters. The first-order chi connectivity index (χ1) is 7.83. The highest BCUT2D eigenvalue weighted by atomic mass is 16.7. The van der Waals surface area contributed by atoms with Crippen LogP contribution in [0.15, 0.2) is 18.2 Å². The SMILES string of the molecule is NC(COc1ccc2c(c1)OCO2)C1CC1. The van der Waals surface area contributed by atoms with Crippen molar-refractivity contribution in [2.45, 2.75) is 18.9 Å². The molecule has 16 heavy (non-hydrogen) atoms. The van der Waals surface area contributed by atoms with Gasteiger partial charge >= 0.3 is 0 Å². The monoisotopic (exact) mass is 221 g/mol. The van der Waals surface area contributed by atoms with Gasteiger partial charge in [0.15, 0.2) is 11.5 Å². The predicted octanol–water partition coefficient (Wildman–Crippen LogP) is 1.53. The number of ether oxygens (including phenoxy) is 3. The standard InChI is InChI=1S/C12H15NO3/c13-10(8-1-2-8)6-14-9-3-4-11-12(5-9)16-7-15-11/h3-5,8,10H,1-2,6-7,13H2. The van der Waals surface area contributed by atoms with Gasteiger partial charge in [0.05, 0.1) is 0 Å². The average molecular weight is 221 g/mol. The molecule has 86 valence electrons. The molecule has 1 aliphatic carbocycles. The maximum absolute atomic E-state index is 5.96. The van der Waals surface area contributed by atoms with Crippen molar-refractivity contribution in [3.8, 4) is 17.2 Å². The highest BCUT2D eigenvalue weighted by molar-refractivity contribution is 5.46. The maximum atomic E-state index is 5.96. The summed E-state index contributed by atoms with van der Waals surface area (Å²) in [6, 6.07) is 5.75. The van der Waals surface area contributed by atoms with E-state index >= 15 is 0 Å². The van der Waals surface area contributed by atoms with Crippen LogP contribution >= 0.6 is 0 Å². The van der Waals surface area contributed by atoms with E-state index in [2.05, 4.69) is 0 Å². The van der Waals surface area contributed by atoms with Crippen molar-refractivity contribution < 1.29 is 14.2 Å². The van der Waals surface area contributed by atoms with Crippen LogP contribution in [-0.2, 0) is 0 Å². The number of rotatable bonds is 4. The lowest BCUT2D eigenvalue weighted by atomic mass is 10.2. The van der Waals surface area contributed by atoms with Crippen LogP contribution in [0.5, 0.6) is 17.2 Å². The first-order valence-electron chi connectivity index (χ1n) is 5.61. The van der Waals surface area contributed by atoms with Crippen molar-refractivity contribution in [3.05, 3.63) is 18.2 Å². The van der Waals surface area contributed by atoms with Crippen LogP contribution in [0.1, 0.15) is 12.8 Å². The van der Waals surface area contributed by atoms with E-state index in [-0.39, 0.29) is 6.04 Å². The Kier molecular flexibility index (Phi) is 2.36. The summed E-state index contributed by atoms with van der Waals surface area (Å²) in [6.07, 6.45) is 2.48. The summed E-state index contributed by atoms with van der Waals surface area (Å²) >= 11 is 0. The zero-order valence-corrected chi connectivity index (χ0v) is 9.02. The van der Waals surface area contributed by atoms with E-state index < -0.39 is 0 Å². The molecule has 0 saturated heterocycles. The molecule has 1 saturated carbocycles. The quantitative estimate of drug-likeness (QED) is 0.837. The Morgan fingerprint density at radius 1 is 1.31 bits per heavy atom. The Morgan fingerprint density at radius 2 is 2.12 bits per heavy atom. The molecule has 2 N–H and O–H groups in total. The van der Waals surface area contributed by atoms with Crippen LogP contribution in [0.25, 0.3) is 0 Å². The number of fused-ring (bicyclic) bond motifs is 1. The van der Waals surface area contributed by atoms with Gasteiger partial charge in [-0.15, -0.1) is 0 Å². The average Bonchev–Trinajstić information content (AvgIpc) is 3.04. The normalized spacial score (nSPS) is 19.6. The first kappa shape index (κ1) is 9.78. The molecule has 0 amide bonds. The van der Waals surface area contributed by atoms with E-state index in [9.17, 15) is 0 Å². The van der Waals surface area contributed by atoms with E-state index in [1.165, 1.54) is 12.8 Å². The molecular weight excluding hydrogens is 206 g/mol. The zero-order valence-electron chi connectivity index (χ0n) is 9.02. The summed E-state index contributed by atoms with van der Waals surface area (Å²) in [6.45, 7) is 0.866. The molecule has 1 heterocycles. The number of benzene rings is 1. The van der Waals surface area contributed by atoms with Crippen LogP contribution in [-0.4, -0.2) is 19.4 Å². The van der Waals surface area contributed by atoms with Gasteiger partial charge in [0, 0.05) is 12.1 Å². The Labute approximate surface area is 94.3 Å². The second kappa shape index (κ2) is 3.87. The van der Waals surface area contributed by atoms with Crippen LogP contribution in [0, 0.1) is 5.92 Å². The third kappa shape index (κ3) is 1.93. The van der Waals surface area contributed by atoms with E-state index in [0.717, 1.165) is 17.2 Å². The smallest absolute Gasteiger partial charge is 0.231 e. The lowest BCUT2D eigenvalue weighted by Crippen LogP contribution is -2.29. The lowest BCUT2D eigenvalue weighted by Gasteiger charge is -2.12. The fourth-order valence-corrected chi connectivity index (χ4v) is 1.82. The zero-order chi connectivity index (χ0) is 11.0. The van der Waals surface area contributed by atoms with Gasteiger partial charge in [0.1, 0.15) is 12.4 Å². The third-order valence-corrected chi connectivity index (χ3v) is 3.01. The van der Waals surface area contributed by atoms with Crippen LogP contribution < -0.4 is 19.9 Å². The first-order valence-corrected chi connectivity index (χ1v) is 5.61. The molecule has 1 aliphatic heterocycles. The lowest BCUT2D eigenvalue weighted by molar-refractivity contribution is 0.173. The molecule has 1 aromatic rings. The predicted molar refractivity (Wildman–Crippen MR) is 58.8 cm³/mol. The minimum absolute atomic E-state index is 0.158. The van der Waals surface area contributed by atoms with E-state index in [0.29, 0.717) is 19.3 Å². The minimum atomic E-state index is 0.158. The second-order valence-electron chi connectivity index (χ2n) is 4.33. The highest BCUT2D eigenvalue weighted by Crippen LogP contribution is 2.36. The fraction of sp³-hybridized carbons (Fsp3) is 0.500. The molecule has 1 aromatic carbocycles. The molecule has 4 nitrogen and oxygen atoms in total. The Bertz CT molecular complexity index is 390. The van der Waals surface area contributed by atoms with E-state index in [1.807, 2.05) is 18.2 Å². The Balaban J connectivity index is 1.61. The molecule has 1 atom stereocenters. The summed E-state index contributed by atoms with van der Waals surface area (Å²) in [5.41, 5.74) is 5.96. The summed E-state index contributed by atoms with van der Waals surface area (Å²) in [7, 11) is 0. The van der Waals surface area contributed by atoms with Crippen molar-refractivity contribution in [3.63, 3.8) is 0 Å². The summed E-state index contributed by atoms with van der Waals surface area (Å²) < 4.78 is 16.1. The largest absolute Gasteiger partial charge is 0.492 e. The molecule has 0 aromatic heterocycles. The second-order valence-corrected chi connectivity index (χ2v) is 4.33. The van der Waals surface area contributed by atoms with Gasteiger partial charge in [0.25, 0.3) is 0 Å². The molecule has 0 spiro atoms. The molecule has 4 heteroatoms.